The highest BCUT2D eigenvalue weighted by atomic mass is 16.3. The minimum absolute atomic E-state index is 0.132. The first-order valence-electron chi connectivity index (χ1n) is 10.5. The summed E-state index contributed by atoms with van der Waals surface area (Å²) in [5, 5.41) is 18.7. The van der Waals surface area contributed by atoms with Crippen molar-refractivity contribution in [3.05, 3.63) is 54.0 Å². The Balaban J connectivity index is 1.50. The topological polar surface area (TPSA) is 102 Å². The van der Waals surface area contributed by atoms with Crippen LogP contribution in [0.15, 0.2) is 52.1 Å². The lowest BCUT2D eigenvalue weighted by atomic mass is 10.2. The summed E-state index contributed by atoms with van der Waals surface area (Å²) < 4.78 is 5.66. The second kappa shape index (κ2) is 11.3. The van der Waals surface area contributed by atoms with Crippen molar-refractivity contribution < 1.29 is 14.3 Å². The lowest BCUT2D eigenvalue weighted by molar-refractivity contribution is 0.0954. The highest BCUT2D eigenvalue weighted by molar-refractivity contribution is 5.94. The van der Waals surface area contributed by atoms with Crippen molar-refractivity contribution in [1.29, 1.82) is 0 Å². The maximum Gasteiger partial charge on any atom is 0.251 e. The van der Waals surface area contributed by atoms with Gasteiger partial charge in [0.15, 0.2) is 5.96 Å². The second-order valence-corrected chi connectivity index (χ2v) is 7.22. The summed E-state index contributed by atoms with van der Waals surface area (Å²) in [7, 11) is 0. The summed E-state index contributed by atoms with van der Waals surface area (Å²) in [4.78, 5) is 19.3. The van der Waals surface area contributed by atoms with Gasteiger partial charge < -0.3 is 25.5 Å². The predicted octanol–water partition coefficient (Wildman–Crippen LogP) is 2.11. The van der Waals surface area contributed by atoms with Crippen LogP contribution in [0.5, 0.6) is 5.75 Å². The fourth-order valence-corrected chi connectivity index (χ4v) is 3.51. The molecule has 1 aromatic carbocycles. The van der Waals surface area contributed by atoms with Crippen LogP contribution in [0.3, 0.4) is 0 Å². The predicted molar refractivity (Wildman–Crippen MR) is 117 cm³/mol. The van der Waals surface area contributed by atoms with Gasteiger partial charge in [-0.1, -0.05) is 0 Å². The van der Waals surface area contributed by atoms with E-state index in [1.807, 2.05) is 19.1 Å². The van der Waals surface area contributed by atoms with Gasteiger partial charge in [-0.05, 0) is 69.3 Å². The number of rotatable bonds is 9. The summed E-state index contributed by atoms with van der Waals surface area (Å²) in [5.74, 6) is 1.62. The van der Waals surface area contributed by atoms with E-state index in [0.717, 1.165) is 25.4 Å². The molecule has 1 saturated heterocycles. The number of likely N-dealkylation sites (tertiary alicyclic amines) is 1. The quantitative estimate of drug-likeness (QED) is 0.285. The van der Waals surface area contributed by atoms with E-state index in [2.05, 4.69) is 20.9 Å². The molecule has 0 saturated carbocycles. The number of carbonyl (C=O) groups excluding carboxylic acids is 1. The van der Waals surface area contributed by atoms with Crippen LogP contribution >= 0.6 is 0 Å². The molecule has 0 spiro atoms. The van der Waals surface area contributed by atoms with Crippen molar-refractivity contribution >= 4 is 11.9 Å². The van der Waals surface area contributed by atoms with Gasteiger partial charge in [0.2, 0.25) is 0 Å². The number of furan rings is 1. The largest absolute Gasteiger partial charge is 0.508 e. The third-order valence-electron chi connectivity index (χ3n) is 5.05. The Labute approximate surface area is 177 Å². The van der Waals surface area contributed by atoms with E-state index in [1.54, 1.807) is 18.4 Å². The number of amides is 1. The van der Waals surface area contributed by atoms with Crippen molar-refractivity contribution in [2.24, 2.45) is 4.99 Å². The van der Waals surface area contributed by atoms with Crippen molar-refractivity contribution in [2.45, 2.75) is 25.8 Å². The number of aromatic hydroxyl groups is 1. The van der Waals surface area contributed by atoms with Gasteiger partial charge in [-0.3, -0.25) is 14.7 Å². The molecule has 4 N–H and O–H groups in total. The average Bonchev–Trinajstić information content (AvgIpc) is 3.46. The van der Waals surface area contributed by atoms with Gasteiger partial charge in [0.05, 0.1) is 18.8 Å². The maximum absolute atomic E-state index is 12.1. The first-order chi connectivity index (χ1) is 14.7. The van der Waals surface area contributed by atoms with Crippen molar-refractivity contribution in [3.8, 4) is 5.75 Å². The number of carbonyl (C=O) groups is 1. The molecule has 0 bridgehead atoms. The van der Waals surface area contributed by atoms with E-state index >= 15 is 0 Å². The number of guanidine groups is 1. The molecule has 1 unspecified atom stereocenters. The highest BCUT2D eigenvalue weighted by Crippen LogP contribution is 2.25. The van der Waals surface area contributed by atoms with E-state index in [-0.39, 0.29) is 17.7 Å². The fraction of sp³-hybridized carbons (Fsp3) is 0.455. The normalized spacial score (nSPS) is 15.7. The molecular weight excluding hydrogens is 382 g/mol. The van der Waals surface area contributed by atoms with Crippen LogP contribution in [0, 0.1) is 0 Å². The third kappa shape index (κ3) is 6.25. The zero-order chi connectivity index (χ0) is 21.2. The molecule has 1 atom stereocenters. The molecule has 8 nitrogen and oxygen atoms in total. The SMILES string of the molecule is CCNC(=NCC(c1ccco1)N1CCCC1)NCCNC(=O)c1ccc(O)cc1. The third-order valence-corrected chi connectivity index (χ3v) is 5.05. The number of phenols is 1. The summed E-state index contributed by atoms with van der Waals surface area (Å²) in [5.41, 5.74) is 0.514. The Kier molecular flexibility index (Phi) is 8.14. The van der Waals surface area contributed by atoms with Gasteiger partial charge in [-0.15, -0.1) is 0 Å². The molecule has 30 heavy (non-hydrogen) atoms. The molecular formula is C22H31N5O3. The van der Waals surface area contributed by atoms with Gasteiger partial charge in [0, 0.05) is 25.2 Å². The Bertz CT molecular complexity index is 799. The first-order valence-corrected chi connectivity index (χ1v) is 10.5. The molecule has 1 aliphatic rings. The van der Waals surface area contributed by atoms with Crippen LogP contribution in [0.4, 0.5) is 0 Å². The molecule has 1 aliphatic heterocycles. The molecule has 1 fully saturated rings. The van der Waals surface area contributed by atoms with Crippen LogP contribution in [0.1, 0.15) is 41.9 Å². The zero-order valence-electron chi connectivity index (χ0n) is 17.4. The van der Waals surface area contributed by atoms with Crippen LogP contribution in [0.2, 0.25) is 0 Å². The van der Waals surface area contributed by atoms with Crippen LogP contribution in [0.25, 0.3) is 0 Å². The summed E-state index contributed by atoms with van der Waals surface area (Å²) in [6.07, 6.45) is 4.13. The minimum atomic E-state index is -0.175. The first kappa shape index (κ1) is 21.7. The molecule has 2 aromatic rings. The molecule has 0 aliphatic carbocycles. The average molecular weight is 414 g/mol. The molecule has 1 amide bonds. The fourth-order valence-electron chi connectivity index (χ4n) is 3.51. The minimum Gasteiger partial charge on any atom is -0.508 e. The number of hydrogen-bond donors (Lipinski definition) is 4. The van der Waals surface area contributed by atoms with E-state index in [9.17, 15) is 9.90 Å². The molecule has 1 aromatic heterocycles. The van der Waals surface area contributed by atoms with E-state index in [4.69, 9.17) is 9.41 Å². The zero-order valence-corrected chi connectivity index (χ0v) is 17.4. The number of phenolic OH excluding ortho intramolecular Hbond substituents is 1. The number of hydrogen-bond acceptors (Lipinski definition) is 5. The highest BCUT2D eigenvalue weighted by Gasteiger charge is 2.25. The number of aliphatic imine (C=N–C) groups is 1. The molecule has 3 rings (SSSR count). The smallest absolute Gasteiger partial charge is 0.251 e. The molecule has 8 heteroatoms. The lowest BCUT2D eigenvalue weighted by Crippen LogP contribution is -2.42. The van der Waals surface area contributed by atoms with Crippen LogP contribution in [-0.4, -0.2) is 61.1 Å². The van der Waals surface area contributed by atoms with Crippen LogP contribution < -0.4 is 16.0 Å². The van der Waals surface area contributed by atoms with Gasteiger partial charge in [0.25, 0.3) is 5.91 Å². The number of nitrogens with zero attached hydrogens (tertiary/aromatic N) is 2. The summed E-state index contributed by atoms with van der Waals surface area (Å²) in [6.45, 7) is 6.50. The lowest BCUT2D eigenvalue weighted by Gasteiger charge is -2.24. The van der Waals surface area contributed by atoms with Gasteiger partial charge in [-0.2, -0.15) is 0 Å². The summed E-state index contributed by atoms with van der Waals surface area (Å²) in [6, 6.07) is 10.2. The van der Waals surface area contributed by atoms with Gasteiger partial charge >= 0.3 is 0 Å². The Morgan fingerprint density at radius 1 is 1.13 bits per heavy atom. The monoisotopic (exact) mass is 413 g/mol. The van der Waals surface area contributed by atoms with Gasteiger partial charge in [-0.25, -0.2) is 0 Å². The Hall–Kier alpha value is -3.00. The van der Waals surface area contributed by atoms with E-state index in [0.29, 0.717) is 31.2 Å². The molecule has 162 valence electrons. The molecule has 2 heterocycles. The number of benzene rings is 1. The Morgan fingerprint density at radius 2 is 1.87 bits per heavy atom. The van der Waals surface area contributed by atoms with Crippen molar-refractivity contribution in [1.82, 2.24) is 20.9 Å². The van der Waals surface area contributed by atoms with E-state index < -0.39 is 0 Å². The standard InChI is InChI=1S/C22H31N5O3/c1-2-23-22(25-12-11-24-21(29)17-7-9-18(28)10-8-17)26-16-19(20-6-5-15-30-20)27-13-3-4-14-27/h5-10,15,19,28H,2-4,11-14,16H2,1H3,(H,24,29)(H2,23,25,26). The van der Waals surface area contributed by atoms with E-state index in [1.165, 1.54) is 25.0 Å². The van der Waals surface area contributed by atoms with Crippen LogP contribution in [-0.2, 0) is 0 Å². The van der Waals surface area contributed by atoms with Crippen molar-refractivity contribution in [2.75, 3.05) is 39.3 Å². The Morgan fingerprint density at radius 3 is 2.53 bits per heavy atom. The number of nitrogens with one attached hydrogen (secondary N) is 3. The summed E-state index contributed by atoms with van der Waals surface area (Å²) >= 11 is 0. The van der Waals surface area contributed by atoms with Gasteiger partial charge in [0.1, 0.15) is 11.5 Å². The maximum atomic E-state index is 12.1. The van der Waals surface area contributed by atoms with Crippen molar-refractivity contribution in [3.63, 3.8) is 0 Å². The second-order valence-electron chi connectivity index (χ2n) is 7.22. The molecule has 0 radical (unpaired) electrons.